The van der Waals surface area contributed by atoms with Gasteiger partial charge in [-0.3, -0.25) is 0 Å². The summed E-state index contributed by atoms with van der Waals surface area (Å²) in [6.07, 6.45) is 0. The number of benzene rings is 2. The molecule has 7 heteroatoms. The molecular weight excluding hydrogens is 322 g/mol. The molecule has 0 aliphatic carbocycles. The van der Waals surface area contributed by atoms with Gasteiger partial charge in [0, 0.05) is 5.56 Å². The minimum atomic E-state index is 0.273. The first-order chi connectivity index (χ1) is 11.8. The first-order valence-electron chi connectivity index (χ1n) is 7.25. The summed E-state index contributed by atoms with van der Waals surface area (Å²) in [5.74, 6) is 7.54. The Morgan fingerprint density at radius 1 is 1.12 bits per heavy atom. The number of nitrogens with zero attached hydrogens (tertiary/aromatic N) is 4. The summed E-state index contributed by atoms with van der Waals surface area (Å²) < 4.78 is 7.21. The molecule has 0 unspecified atom stereocenters. The average molecular weight is 337 g/mol. The van der Waals surface area contributed by atoms with Gasteiger partial charge in [0.2, 0.25) is 5.16 Å². The Bertz CT molecular complexity index is 857. The molecule has 2 aromatic carbocycles. The molecule has 0 bridgehead atoms. The summed E-state index contributed by atoms with van der Waals surface area (Å²) in [6.45, 7) is 0.489. The lowest BCUT2D eigenvalue weighted by Crippen LogP contribution is -2.11. The van der Waals surface area contributed by atoms with E-state index >= 15 is 0 Å². The van der Waals surface area contributed by atoms with Crippen molar-refractivity contribution in [1.29, 1.82) is 5.26 Å². The molecule has 1 heterocycles. The van der Waals surface area contributed by atoms with E-state index in [0.717, 1.165) is 16.9 Å². The van der Waals surface area contributed by atoms with E-state index in [1.807, 2.05) is 60.7 Å². The Balaban J connectivity index is 1.76. The Morgan fingerprint density at radius 2 is 1.96 bits per heavy atom. The molecule has 0 saturated carbocycles. The summed E-state index contributed by atoms with van der Waals surface area (Å²) in [5, 5.41) is 17.3. The van der Waals surface area contributed by atoms with Crippen LogP contribution in [0.1, 0.15) is 5.56 Å². The fourth-order valence-corrected chi connectivity index (χ4v) is 2.65. The van der Waals surface area contributed by atoms with Gasteiger partial charge < -0.3 is 10.6 Å². The molecule has 0 saturated heterocycles. The molecule has 24 heavy (non-hydrogen) atoms. The summed E-state index contributed by atoms with van der Waals surface area (Å²) in [4.78, 5) is 0. The van der Waals surface area contributed by atoms with Crippen molar-refractivity contribution in [1.82, 2.24) is 14.9 Å². The van der Waals surface area contributed by atoms with E-state index in [2.05, 4.69) is 10.2 Å². The Labute approximate surface area is 143 Å². The second-order valence-electron chi connectivity index (χ2n) is 4.93. The maximum Gasteiger partial charge on any atom is 0.211 e. The number of aromatic nitrogens is 3. The first kappa shape index (κ1) is 15.9. The van der Waals surface area contributed by atoms with E-state index in [0.29, 0.717) is 17.6 Å². The van der Waals surface area contributed by atoms with Crippen molar-refractivity contribution in [2.45, 2.75) is 11.8 Å². The predicted octanol–water partition coefficient (Wildman–Crippen LogP) is 2.85. The molecule has 0 radical (unpaired) electrons. The van der Waals surface area contributed by atoms with Crippen molar-refractivity contribution < 1.29 is 4.74 Å². The third kappa shape index (κ3) is 3.67. The number of rotatable bonds is 6. The van der Waals surface area contributed by atoms with Gasteiger partial charge in [0.1, 0.15) is 12.4 Å². The van der Waals surface area contributed by atoms with Crippen LogP contribution in [-0.2, 0) is 6.61 Å². The second kappa shape index (κ2) is 7.53. The van der Waals surface area contributed by atoms with Gasteiger partial charge in [-0.05, 0) is 17.7 Å². The van der Waals surface area contributed by atoms with Gasteiger partial charge in [-0.15, -0.1) is 10.2 Å². The van der Waals surface area contributed by atoms with E-state index in [1.165, 1.54) is 16.4 Å². The Hall–Kier alpha value is -2.98. The summed E-state index contributed by atoms with van der Waals surface area (Å²) in [5.41, 5.74) is 1.90. The molecule has 2 N–H and O–H groups in total. The van der Waals surface area contributed by atoms with Gasteiger partial charge in [-0.1, -0.05) is 54.2 Å². The highest BCUT2D eigenvalue weighted by Crippen LogP contribution is 2.25. The zero-order valence-corrected chi connectivity index (χ0v) is 13.6. The minimum absolute atomic E-state index is 0.273. The molecule has 0 amide bonds. The van der Waals surface area contributed by atoms with Crippen LogP contribution in [0.5, 0.6) is 5.75 Å². The van der Waals surface area contributed by atoms with Crippen molar-refractivity contribution in [3.8, 4) is 23.2 Å². The van der Waals surface area contributed by atoms with E-state index < -0.39 is 0 Å². The first-order valence-corrected chi connectivity index (χ1v) is 8.24. The largest absolute Gasteiger partial charge is 0.489 e. The number of hydrogen-bond donors (Lipinski definition) is 1. The van der Waals surface area contributed by atoms with Crippen molar-refractivity contribution in [3.05, 3.63) is 60.2 Å². The number of nitrogen functional groups attached to an aromatic ring is 1. The number of nitriles is 1. The molecule has 6 nitrogen and oxygen atoms in total. The summed E-state index contributed by atoms with van der Waals surface area (Å²) in [6, 6.07) is 19.5. The van der Waals surface area contributed by atoms with Crippen LogP contribution in [0.25, 0.3) is 11.4 Å². The monoisotopic (exact) mass is 337 g/mol. The van der Waals surface area contributed by atoms with Crippen LogP contribution in [0.4, 0.5) is 0 Å². The number of hydrogen-bond acceptors (Lipinski definition) is 6. The van der Waals surface area contributed by atoms with Gasteiger partial charge >= 0.3 is 0 Å². The molecule has 3 aromatic rings. The zero-order valence-electron chi connectivity index (χ0n) is 12.8. The summed E-state index contributed by atoms with van der Waals surface area (Å²) >= 11 is 1.25. The van der Waals surface area contributed by atoms with Crippen LogP contribution in [0.15, 0.2) is 59.8 Å². The zero-order chi connectivity index (χ0) is 16.8. The molecule has 120 valence electrons. The maximum atomic E-state index is 8.65. The van der Waals surface area contributed by atoms with Crippen molar-refractivity contribution in [3.63, 3.8) is 0 Å². The Kier molecular flexibility index (Phi) is 4.99. The molecule has 3 rings (SSSR count). The maximum absolute atomic E-state index is 8.65. The number of ether oxygens (including phenoxy) is 1. The lowest BCUT2D eigenvalue weighted by atomic mass is 10.2. The van der Waals surface area contributed by atoms with Crippen LogP contribution in [0.3, 0.4) is 0 Å². The van der Waals surface area contributed by atoms with E-state index in [-0.39, 0.29) is 5.75 Å². The second-order valence-corrected chi connectivity index (χ2v) is 5.87. The molecule has 0 aliphatic heterocycles. The highest BCUT2D eigenvalue weighted by molar-refractivity contribution is 7.99. The SMILES string of the molecule is N#CCSc1nnc(-c2cccc(OCc3ccccc3)c2)n1N. The Morgan fingerprint density at radius 3 is 2.75 bits per heavy atom. The minimum Gasteiger partial charge on any atom is -0.489 e. The summed E-state index contributed by atoms with van der Waals surface area (Å²) in [7, 11) is 0. The third-order valence-corrected chi connectivity index (χ3v) is 4.08. The van der Waals surface area contributed by atoms with Crippen LogP contribution >= 0.6 is 11.8 Å². The van der Waals surface area contributed by atoms with Gasteiger partial charge in [-0.25, -0.2) is 4.68 Å². The quantitative estimate of drug-likeness (QED) is 0.549. The van der Waals surface area contributed by atoms with E-state index in [4.69, 9.17) is 15.8 Å². The van der Waals surface area contributed by atoms with E-state index in [9.17, 15) is 0 Å². The normalized spacial score (nSPS) is 10.3. The smallest absolute Gasteiger partial charge is 0.211 e. The lowest BCUT2D eigenvalue weighted by molar-refractivity contribution is 0.306. The van der Waals surface area contributed by atoms with Gasteiger partial charge in [0.25, 0.3) is 0 Å². The fourth-order valence-electron chi connectivity index (χ4n) is 2.14. The topological polar surface area (TPSA) is 89.8 Å². The van der Waals surface area contributed by atoms with Crippen molar-refractivity contribution in [2.75, 3.05) is 11.6 Å². The van der Waals surface area contributed by atoms with Crippen LogP contribution in [0.2, 0.25) is 0 Å². The lowest BCUT2D eigenvalue weighted by Gasteiger charge is -2.08. The molecule has 0 spiro atoms. The van der Waals surface area contributed by atoms with Gasteiger partial charge in [-0.2, -0.15) is 5.26 Å². The molecule has 0 atom stereocenters. The van der Waals surface area contributed by atoms with Crippen molar-refractivity contribution in [2.24, 2.45) is 0 Å². The number of thioether (sulfide) groups is 1. The molecular formula is C17H15N5OS. The van der Waals surface area contributed by atoms with E-state index in [1.54, 1.807) is 0 Å². The molecule has 0 aliphatic rings. The van der Waals surface area contributed by atoms with Crippen LogP contribution in [0, 0.1) is 11.3 Å². The van der Waals surface area contributed by atoms with Crippen LogP contribution < -0.4 is 10.6 Å². The molecule has 0 fully saturated rings. The standard InChI is InChI=1S/C17H15N5OS/c18-9-10-24-17-21-20-16(22(17)19)14-7-4-8-15(11-14)23-12-13-5-2-1-3-6-13/h1-8,11H,10,12,19H2. The highest BCUT2D eigenvalue weighted by atomic mass is 32.2. The highest BCUT2D eigenvalue weighted by Gasteiger charge is 2.12. The predicted molar refractivity (Wildman–Crippen MR) is 92.7 cm³/mol. The van der Waals surface area contributed by atoms with Crippen molar-refractivity contribution >= 4 is 11.8 Å². The van der Waals surface area contributed by atoms with Crippen LogP contribution in [-0.4, -0.2) is 20.6 Å². The molecule has 1 aromatic heterocycles. The third-order valence-electron chi connectivity index (χ3n) is 3.27. The van der Waals surface area contributed by atoms with Gasteiger partial charge in [0.15, 0.2) is 5.82 Å². The average Bonchev–Trinajstić information content (AvgIpc) is 3.00. The fraction of sp³-hybridized carbons (Fsp3) is 0.118. The van der Waals surface area contributed by atoms with Gasteiger partial charge in [0.05, 0.1) is 11.8 Å². The number of nitrogens with two attached hydrogens (primary N) is 1.